The number of carbonyl (C=O) groups is 1. The molecule has 1 fully saturated rings. The molecule has 0 saturated heterocycles. The molecule has 1 saturated carbocycles. The molecule has 1 aliphatic rings. The Morgan fingerprint density at radius 3 is 3.00 bits per heavy atom. The number of nitrogens with zero attached hydrogens (tertiary/aromatic N) is 1. The zero-order chi connectivity index (χ0) is 12.5. The van der Waals surface area contributed by atoms with Crippen molar-refractivity contribution in [1.82, 2.24) is 4.98 Å². The maximum atomic E-state index is 11.3. The summed E-state index contributed by atoms with van der Waals surface area (Å²) in [5, 5.41) is 12.3. The largest absolute Gasteiger partial charge is 0.481 e. The van der Waals surface area contributed by atoms with E-state index < -0.39 is 5.97 Å². The van der Waals surface area contributed by atoms with Crippen molar-refractivity contribution in [1.29, 1.82) is 0 Å². The number of thiazole rings is 1. The molecule has 4 heteroatoms. The fraction of sp³-hybridized carbons (Fsp3) is 0.692. The summed E-state index contributed by atoms with van der Waals surface area (Å²) < 4.78 is 0. The molecule has 1 aliphatic carbocycles. The summed E-state index contributed by atoms with van der Waals surface area (Å²) in [7, 11) is 0. The fourth-order valence-corrected chi connectivity index (χ4v) is 3.56. The van der Waals surface area contributed by atoms with Gasteiger partial charge in [0.25, 0.3) is 0 Å². The first-order chi connectivity index (χ1) is 7.98. The molecule has 0 radical (unpaired) electrons. The van der Waals surface area contributed by atoms with Crippen LogP contribution in [-0.4, -0.2) is 16.1 Å². The molecule has 2 unspecified atom stereocenters. The van der Waals surface area contributed by atoms with Crippen LogP contribution in [0.5, 0.6) is 0 Å². The first kappa shape index (κ1) is 12.6. The van der Waals surface area contributed by atoms with Crippen molar-refractivity contribution >= 4 is 17.3 Å². The standard InChI is InChI=1S/C13H19NO2S/c1-13(2)4-3-10(12(15)16)9(8-13)7-11-14-5-6-17-11/h5-6,9-10H,3-4,7-8H2,1-2H3,(H,15,16). The summed E-state index contributed by atoms with van der Waals surface area (Å²) in [5.41, 5.74) is 0.272. The first-order valence-corrected chi connectivity index (χ1v) is 6.97. The van der Waals surface area contributed by atoms with Gasteiger partial charge in [-0.25, -0.2) is 4.98 Å². The Labute approximate surface area is 106 Å². The summed E-state index contributed by atoms with van der Waals surface area (Å²) in [5.74, 6) is -0.587. The van der Waals surface area contributed by atoms with Gasteiger partial charge in [0.1, 0.15) is 0 Å². The van der Waals surface area contributed by atoms with Crippen molar-refractivity contribution in [2.45, 2.75) is 39.5 Å². The van der Waals surface area contributed by atoms with Crippen molar-refractivity contribution in [3.05, 3.63) is 16.6 Å². The summed E-state index contributed by atoms with van der Waals surface area (Å²) in [6.45, 7) is 4.47. The van der Waals surface area contributed by atoms with E-state index in [1.807, 2.05) is 5.38 Å². The van der Waals surface area contributed by atoms with Crippen LogP contribution in [0.1, 0.15) is 38.1 Å². The number of carboxylic acid groups (broad SMARTS) is 1. The van der Waals surface area contributed by atoms with E-state index in [2.05, 4.69) is 18.8 Å². The molecule has 0 spiro atoms. The fourth-order valence-electron chi connectivity index (χ4n) is 2.85. The monoisotopic (exact) mass is 253 g/mol. The molecule has 1 heterocycles. The molecule has 1 aromatic rings. The highest BCUT2D eigenvalue weighted by Gasteiger charge is 2.38. The quantitative estimate of drug-likeness (QED) is 0.900. The minimum atomic E-state index is -0.637. The van der Waals surface area contributed by atoms with Crippen LogP contribution in [0.3, 0.4) is 0 Å². The molecular formula is C13H19NO2S. The van der Waals surface area contributed by atoms with Crippen molar-refractivity contribution in [3.8, 4) is 0 Å². The third-order valence-electron chi connectivity index (χ3n) is 3.75. The minimum Gasteiger partial charge on any atom is -0.481 e. The average Bonchev–Trinajstić information content (AvgIpc) is 2.68. The third-order valence-corrected chi connectivity index (χ3v) is 4.56. The van der Waals surface area contributed by atoms with Crippen molar-refractivity contribution in [2.75, 3.05) is 0 Å². The van der Waals surface area contributed by atoms with Gasteiger partial charge in [0.15, 0.2) is 0 Å². The highest BCUT2D eigenvalue weighted by Crippen LogP contribution is 2.43. The van der Waals surface area contributed by atoms with Gasteiger partial charge < -0.3 is 5.11 Å². The number of hydrogen-bond acceptors (Lipinski definition) is 3. The summed E-state index contributed by atoms with van der Waals surface area (Å²) in [6.07, 6.45) is 5.42. The van der Waals surface area contributed by atoms with Gasteiger partial charge in [-0.1, -0.05) is 13.8 Å². The number of rotatable bonds is 3. The number of hydrogen-bond donors (Lipinski definition) is 1. The van der Waals surface area contributed by atoms with Crippen LogP contribution in [0, 0.1) is 17.3 Å². The lowest BCUT2D eigenvalue weighted by Crippen LogP contribution is -2.35. The van der Waals surface area contributed by atoms with Gasteiger partial charge in [-0.05, 0) is 30.6 Å². The van der Waals surface area contributed by atoms with Crippen molar-refractivity contribution < 1.29 is 9.90 Å². The Morgan fingerprint density at radius 1 is 1.65 bits per heavy atom. The molecule has 1 aromatic heterocycles. The summed E-state index contributed by atoms with van der Waals surface area (Å²) >= 11 is 1.63. The van der Waals surface area contributed by atoms with E-state index in [-0.39, 0.29) is 17.3 Å². The zero-order valence-electron chi connectivity index (χ0n) is 10.3. The second-order valence-corrected chi connectivity index (χ2v) is 6.72. The van der Waals surface area contributed by atoms with E-state index in [0.717, 1.165) is 30.7 Å². The predicted octanol–water partition coefficient (Wildman–Crippen LogP) is 3.21. The summed E-state index contributed by atoms with van der Waals surface area (Å²) in [6, 6.07) is 0. The molecular weight excluding hydrogens is 234 g/mol. The van der Waals surface area contributed by atoms with Gasteiger partial charge in [-0.15, -0.1) is 11.3 Å². The number of aliphatic carboxylic acids is 1. The lowest BCUT2D eigenvalue weighted by molar-refractivity contribution is -0.146. The molecule has 0 bridgehead atoms. The molecule has 3 nitrogen and oxygen atoms in total. The van der Waals surface area contributed by atoms with E-state index in [4.69, 9.17) is 0 Å². The molecule has 1 N–H and O–H groups in total. The van der Waals surface area contributed by atoms with E-state index >= 15 is 0 Å². The van der Waals surface area contributed by atoms with E-state index in [1.165, 1.54) is 0 Å². The smallest absolute Gasteiger partial charge is 0.306 e. The van der Waals surface area contributed by atoms with Gasteiger partial charge in [0, 0.05) is 18.0 Å². The van der Waals surface area contributed by atoms with Crippen LogP contribution in [0.15, 0.2) is 11.6 Å². The van der Waals surface area contributed by atoms with Gasteiger partial charge in [-0.3, -0.25) is 4.79 Å². The van der Waals surface area contributed by atoms with Gasteiger partial charge in [0.05, 0.1) is 10.9 Å². The Morgan fingerprint density at radius 2 is 2.41 bits per heavy atom. The second-order valence-electron chi connectivity index (χ2n) is 5.74. The SMILES string of the molecule is CC1(C)CCC(C(=O)O)C(Cc2nccs2)C1. The normalized spacial score (nSPS) is 27.9. The third kappa shape index (κ3) is 3.06. The van der Waals surface area contributed by atoms with E-state index in [0.29, 0.717) is 0 Å². The van der Waals surface area contributed by atoms with Crippen LogP contribution >= 0.6 is 11.3 Å². The van der Waals surface area contributed by atoms with Gasteiger partial charge >= 0.3 is 5.97 Å². The second kappa shape index (κ2) is 4.77. The van der Waals surface area contributed by atoms with Crippen LogP contribution in [0.25, 0.3) is 0 Å². The Balaban J connectivity index is 2.11. The maximum Gasteiger partial charge on any atom is 0.306 e. The van der Waals surface area contributed by atoms with Gasteiger partial charge in [-0.2, -0.15) is 0 Å². The highest BCUT2D eigenvalue weighted by atomic mass is 32.1. The van der Waals surface area contributed by atoms with Crippen molar-refractivity contribution in [2.24, 2.45) is 17.3 Å². The maximum absolute atomic E-state index is 11.3. The summed E-state index contributed by atoms with van der Waals surface area (Å²) in [4.78, 5) is 15.6. The molecule has 0 amide bonds. The average molecular weight is 253 g/mol. The lowest BCUT2D eigenvalue weighted by Gasteiger charge is -2.38. The zero-order valence-corrected chi connectivity index (χ0v) is 11.2. The van der Waals surface area contributed by atoms with Crippen molar-refractivity contribution in [3.63, 3.8) is 0 Å². The van der Waals surface area contributed by atoms with Crippen LogP contribution < -0.4 is 0 Å². The van der Waals surface area contributed by atoms with E-state index in [9.17, 15) is 9.90 Å². The van der Waals surface area contributed by atoms with Crippen LogP contribution in [0.4, 0.5) is 0 Å². The molecule has 2 atom stereocenters. The van der Waals surface area contributed by atoms with E-state index in [1.54, 1.807) is 17.5 Å². The Bertz CT molecular complexity index is 386. The molecule has 0 aliphatic heterocycles. The number of carboxylic acids is 1. The molecule has 0 aromatic carbocycles. The number of aromatic nitrogens is 1. The predicted molar refractivity (Wildman–Crippen MR) is 68.1 cm³/mol. The van der Waals surface area contributed by atoms with Gasteiger partial charge in [0.2, 0.25) is 0 Å². The lowest BCUT2D eigenvalue weighted by atomic mass is 9.66. The highest BCUT2D eigenvalue weighted by molar-refractivity contribution is 7.09. The molecule has 2 rings (SSSR count). The molecule has 94 valence electrons. The Hall–Kier alpha value is -0.900. The molecule has 17 heavy (non-hydrogen) atoms. The Kier molecular flexibility index (Phi) is 3.52. The topological polar surface area (TPSA) is 50.2 Å². The van der Waals surface area contributed by atoms with Crippen LogP contribution in [0.2, 0.25) is 0 Å². The minimum absolute atomic E-state index is 0.188. The van der Waals surface area contributed by atoms with Crippen LogP contribution in [-0.2, 0) is 11.2 Å². The first-order valence-electron chi connectivity index (χ1n) is 6.09.